The molecule has 2 heteroatoms. The summed E-state index contributed by atoms with van der Waals surface area (Å²) >= 11 is 1.78. The quantitative estimate of drug-likeness (QED) is 0.692. The Bertz CT molecular complexity index is 223. The molecular formula is C9H13NS. The zero-order chi connectivity index (χ0) is 8.10. The van der Waals surface area contributed by atoms with Gasteiger partial charge in [-0.1, -0.05) is 12.1 Å². The molecule has 0 spiro atoms. The van der Waals surface area contributed by atoms with Crippen molar-refractivity contribution in [1.82, 2.24) is 5.32 Å². The molecule has 1 rings (SSSR count). The van der Waals surface area contributed by atoms with Crippen LogP contribution < -0.4 is 5.32 Å². The summed E-state index contributed by atoms with van der Waals surface area (Å²) in [4.78, 5) is 1.33. The SMILES string of the molecule is CNCc1cccc(SC)c1. The monoisotopic (exact) mass is 167 g/mol. The highest BCUT2D eigenvalue weighted by Gasteiger charge is 1.91. The van der Waals surface area contributed by atoms with Crippen molar-refractivity contribution < 1.29 is 0 Å². The summed E-state index contributed by atoms with van der Waals surface area (Å²) in [6.07, 6.45) is 2.10. The van der Waals surface area contributed by atoms with Crippen LogP contribution >= 0.6 is 11.8 Å². The topological polar surface area (TPSA) is 12.0 Å². The summed E-state index contributed by atoms with van der Waals surface area (Å²) in [5.41, 5.74) is 1.35. The first kappa shape index (κ1) is 8.62. The van der Waals surface area contributed by atoms with Gasteiger partial charge in [0.25, 0.3) is 0 Å². The van der Waals surface area contributed by atoms with Crippen molar-refractivity contribution in [2.75, 3.05) is 13.3 Å². The average Bonchev–Trinajstić information content (AvgIpc) is 2.06. The average molecular weight is 167 g/mol. The van der Waals surface area contributed by atoms with Crippen molar-refractivity contribution in [1.29, 1.82) is 0 Å². The number of rotatable bonds is 3. The fourth-order valence-corrected chi connectivity index (χ4v) is 1.47. The van der Waals surface area contributed by atoms with Crippen LogP contribution in [0.15, 0.2) is 29.2 Å². The van der Waals surface area contributed by atoms with Crippen LogP contribution in [0.3, 0.4) is 0 Å². The lowest BCUT2D eigenvalue weighted by atomic mass is 10.2. The molecule has 0 amide bonds. The molecule has 0 aliphatic carbocycles. The van der Waals surface area contributed by atoms with Gasteiger partial charge in [-0.15, -0.1) is 11.8 Å². The predicted octanol–water partition coefficient (Wildman–Crippen LogP) is 2.13. The van der Waals surface area contributed by atoms with E-state index in [-0.39, 0.29) is 0 Å². The molecule has 0 aliphatic rings. The van der Waals surface area contributed by atoms with Gasteiger partial charge in [0.05, 0.1) is 0 Å². The Balaban J connectivity index is 2.74. The van der Waals surface area contributed by atoms with Crippen LogP contribution in [0.1, 0.15) is 5.56 Å². The van der Waals surface area contributed by atoms with Gasteiger partial charge in [0, 0.05) is 11.4 Å². The van der Waals surface area contributed by atoms with E-state index in [0.717, 1.165) is 6.54 Å². The normalized spacial score (nSPS) is 10.0. The maximum absolute atomic E-state index is 3.13. The fourth-order valence-electron chi connectivity index (χ4n) is 0.987. The molecule has 1 nitrogen and oxygen atoms in total. The van der Waals surface area contributed by atoms with Crippen molar-refractivity contribution >= 4 is 11.8 Å². The lowest BCUT2D eigenvalue weighted by Gasteiger charge is -2.01. The van der Waals surface area contributed by atoms with Gasteiger partial charge < -0.3 is 5.32 Å². The smallest absolute Gasteiger partial charge is 0.0202 e. The Morgan fingerprint density at radius 2 is 2.27 bits per heavy atom. The lowest BCUT2D eigenvalue weighted by molar-refractivity contribution is 0.815. The predicted molar refractivity (Wildman–Crippen MR) is 51.0 cm³/mol. The zero-order valence-corrected chi connectivity index (χ0v) is 7.74. The highest BCUT2D eigenvalue weighted by atomic mass is 32.2. The minimum Gasteiger partial charge on any atom is -0.316 e. The van der Waals surface area contributed by atoms with Gasteiger partial charge in [-0.05, 0) is 31.0 Å². The third-order valence-corrected chi connectivity index (χ3v) is 2.24. The second-order valence-electron chi connectivity index (χ2n) is 2.38. The zero-order valence-electron chi connectivity index (χ0n) is 6.92. The minimum atomic E-state index is 0.953. The van der Waals surface area contributed by atoms with Crippen molar-refractivity contribution in [2.24, 2.45) is 0 Å². The van der Waals surface area contributed by atoms with Crippen LogP contribution in [0.25, 0.3) is 0 Å². The van der Waals surface area contributed by atoms with Gasteiger partial charge in [0.2, 0.25) is 0 Å². The van der Waals surface area contributed by atoms with Crippen LogP contribution in [0, 0.1) is 0 Å². The summed E-state index contributed by atoms with van der Waals surface area (Å²) in [7, 11) is 1.96. The number of nitrogens with one attached hydrogen (secondary N) is 1. The number of hydrogen-bond acceptors (Lipinski definition) is 2. The minimum absolute atomic E-state index is 0.953. The maximum atomic E-state index is 3.13. The summed E-state index contributed by atoms with van der Waals surface area (Å²) < 4.78 is 0. The second kappa shape index (κ2) is 4.42. The Kier molecular flexibility index (Phi) is 3.46. The first-order valence-corrected chi connectivity index (χ1v) is 4.87. The van der Waals surface area contributed by atoms with E-state index in [0.29, 0.717) is 0 Å². The van der Waals surface area contributed by atoms with Crippen LogP contribution in [0.5, 0.6) is 0 Å². The van der Waals surface area contributed by atoms with E-state index in [4.69, 9.17) is 0 Å². The van der Waals surface area contributed by atoms with Crippen LogP contribution in [0.2, 0.25) is 0 Å². The van der Waals surface area contributed by atoms with E-state index >= 15 is 0 Å². The Morgan fingerprint density at radius 3 is 2.91 bits per heavy atom. The molecule has 1 N–H and O–H groups in total. The maximum Gasteiger partial charge on any atom is 0.0202 e. The highest BCUT2D eigenvalue weighted by molar-refractivity contribution is 7.98. The molecular weight excluding hydrogens is 154 g/mol. The van der Waals surface area contributed by atoms with E-state index < -0.39 is 0 Å². The molecule has 0 bridgehead atoms. The van der Waals surface area contributed by atoms with Gasteiger partial charge in [-0.2, -0.15) is 0 Å². The first-order chi connectivity index (χ1) is 5.36. The molecule has 1 aromatic rings. The van der Waals surface area contributed by atoms with Crippen LogP contribution in [0.4, 0.5) is 0 Å². The summed E-state index contributed by atoms with van der Waals surface area (Å²) in [6, 6.07) is 8.57. The van der Waals surface area contributed by atoms with E-state index in [9.17, 15) is 0 Å². The van der Waals surface area contributed by atoms with E-state index in [1.165, 1.54) is 10.5 Å². The Hall–Kier alpha value is -0.470. The van der Waals surface area contributed by atoms with Crippen molar-refractivity contribution in [3.63, 3.8) is 0 Å². The van der Waals surface area contributed by atoms with E-state index in [2.05, 4.69) is 35.8 Å². The largest absolute Gasteiger partial charge is 0.316 e. The molecule has 0 radical (unpaired) electrons. The molecule has 0 unspecified atom stereocenters. The van der Waals surface area contributed by atoms with Crippen LogP contribution in [-0.2, 0) is 6.54 Å². The Morgan fingerprint density at radius 1 is 1.45 bits per heavy atom. The standard InChI is InChI=1S/C9H13NS/c1-10-7-8-4-3-5-9(6-8)11-2/h3-6,10H,7H2,1-2H3. The third-order valence-electron chi connectivity index (χ3n) is 1.52. The second-order valence-corrected chi connectivity index (χ2v) is 3.26. The number of hydrogen-bond donors (Lipinski definition) is 1. The molecule has 0 fully saturated rings. The van der Waals surface area contributed by atoms with E-state index in [1.807, 2.05) is 7.05 Å². The molecule has 0 aliphatic heterocycles. The van der Waals surface area contributed by atoms with E-state index in [1.54, 1.807) is 11.8 Å². The fraction of sp³-hybridized carbons (Fsp3) is 0.333. The number of benzene rings is 1. The third kappa shape index (κ3) is 2.56. The van der Waals surface area contributed by atoms with Crippen molar-refractivity contribution in [3.05, 3.63) is 29.8 Å². The van der Waals surface area contributed by atoms with Crippen LogP contribution in [-0.4, -0.2) is 13.3 Å². The molecule has 0 aromatic heterocycles. The Labute approximate surface area is 72.2 Å². The van der Waals surface area contributed by atoms with Gasteiger partial charge in [0.1, 0.15) is 0 Å². The molecule has 1 aromatic carbocycles. The molecule has 0 atom stereocenters. The first-order valence-electron chi connectivity index (χ1n) is 3.64. The van der Waals surface area contributed by atoms with Crippen molar-refractivity contribution in [3.8, 4) is 0 Å². The summed E-state index contributed by atoms with van der Waals surface area (Å²) in [6.45, 7) is 0.953. The molecule has 11 heavy (non-hydrogen) atoms. The van der Waals surface area contributed by atoms with Gasteiger partial charge >= 0.3 is 0 Å². The van der Waals surface area contributed by atoms with Crippen molar-refractivity contribution in [2.45, 2.75) is 11.4 Å². The van der Waals surface area contributed by atoms with Gasteiger partial charge in [-0.3, -0.25) is 0 Å². The highest BCUT2D eigenvalue weighted by Crippen LogP contribution is 2.15. The molecule has 0 saturated heterocycles. The number of thioether (sulfide) groups is 1. The molecule has 0 heterocycles. The van der Waals surface area contributed by atoms with Gasteiger partial charge in [-0.25, -0.2) is 0 Å². The van der Waals surface area contributed by atoms with Gasteiger partial charge in [0.15, 0.2) is 0 Å². The molecule has 60 valence electrons. The summed E-state index contributed by atoms with van der Waals surface area (Å²) in [5, 5.41) is 3.13. The lowest BCUT2D eigenvalue weighted by Crippen LogP contribution is -2.04. The molecule has 0 saturated carbocycles. The summed E-state index contributed by atoms with van der Waals surface area (Å²) in [5.74, 6) is 0.